The minimum Gasteiger partial charge on any atom is -0.325 e. The molecule has 1 nitrogen and oxygen atoms in total. The summed E-state index contributed by atoms with van der Waals surface area (Å²) in [4.78, 5) is 0. The highest BCUT2D eigenvalue weighted by Gasteiger charge is 2.42. The highest BCUT2D eigenvalue weighted by Crippen LogP contribution is 2.41. The van der Waals surface area contributed by atoms with E-state index in [1.54, 1.807) is 13.8 Å². The van der Waals surface area contributed by atoms with Gasteiger partial charge in [-0.1, -0.05) is 6.92 Å². The van der Waals surface area contributed by atoms with E-state index in [9.17, 15) is 4.39 Å². The van der Waals surface area contributed by atoms with Gasteiger partial charge in [0.05, 0.1) is 0 Å². The van der Waals surface area contributed by atoms with E-state index >= 15 is 0 Å². The molecule has 1 saturated carbocycles. The number of hydrogen-bond donors (Lipinski definition) is 1. The van der Waals surface area contributed by atoms with Crippen molar-refractivity contribution in [2.24, 2.45) is 11.7 Å². The first kappa shape index (κ1) is 8.98. The molecule has 2 N–H and O–H groups in total. The summed E-state index contributed by atoms with van der Waals surface area (Å²) < 4.78 is 13.3. The first-order valence-electron chi connectivity index (χ1n) is 4.31. The molecule has 0 saturated heterocycles. The summed E-state index contributed by atoms with van der Waals surface area (Å²) in [6, 6.07) is 0. The van der Waals surface area contributed by atoms with E-state index < -0.39 is 5.67 Å². The lowest BCUT2D eigenvalue weighted by molar-refractivity contribution is 0.122. The van der Waals surface area contributed by atoms with Crippen molar-refractivity contribution in [2.45, 2.75) is 51.2 Å². The molecule has 1 fully saturated rings. The molecule has 0 radical (unpaired) electrons. The minimum absolute atomic E-state index is 0.0111. The summed E-state index contributed by atoms with van der Waals surface area (Å²) >= 11 is 0. The normalized spacial score (nSPS) is 24.8. The molecule has 0 aromatic carbocycles. The molecule has 0 spiro atoms. The quantitative estimate of drug-likeness (QED) is 0.671. The Morgan fingerprint density at radius 3 is 2.27 bits per heavy atom. The molecule has 0 amide bonds. The molecule has 1 atom stereocenters. The fraction of sp³-hybridized carbons (Fsp3) is 1.00. The molecular formula is C9H18FN. The summed E-state index contributed by atoms with van der Waals surface area (Å²) in [5.41, 5.74) is 4.79. The molecule has 0 aromatic rings. The molecule has 0 bridgehead atoms. The third-order valence-corrected chi connectivity index (χ3v) is 2.78. The van der Waals surface area contributed by atoms with E-state index in [4.69, 9.17) is 5.73 Å². The maximum atomic E-state index is 13.3. The van der Waals surface area contributed by atoms with Crippen LogP contribution in [0.4, 0.5) is 4.39 Å². The van der Waals surface area contributed by atoms with E-state index in [0.29, 0.717) is 0 Å². The fourth-order valence-corrected chi connectivity index (χ4v) is 1.22. The van der Waals surface area contributed by atoms with Gasteiger partial charge in [0.1, 0.15) is 5.67 Å². The SMILES string of the molecule is CC(CC1(N)CC1)C(C)(C)F. The van der Waals surface area contributed by atoms with Crippen LogP contribution >= 0.6 is 0 Å². The van der Waals surface area contributed by atoms with Crippen LogP contribution in [-0.2, 0) is 0 Å². The highest BCUT2D eigenvalue weighted by molar-refractivity contribution is 5.01. The molecule has 0 aliphatic heterocycles. The average Bonchev–Trinajstić information content (AvgIpc) is 2.45. The summed E-state index contributed by atoms with van der Waals surface area (Å²) in [5.74, 6) is 0.0787. The van der Waals surface area contributed by atoms with Gasteiger partial charge in [-0.05, 0) is 39.0 Å². The number of alkyl halides is 1. The summed E-state index contributed by atoms with van der Waals surface area (Å²) in [5, 5.41) is 0. The third-order valence-electron chi connectivity index (χ3n) is 2.78. The fourth-order valence-electron chi connectivity index (χ4n) is 1.22. The first-order chi connectivity index (χ1) is 4.83. The van der Waals surface area contributed by atoms with Gasteiger partial charge in [0.2, 0.25) is 0 Å². The number of halogens is 1. The van der Waals surface area contributed by atoms with Crippen molar-refractivity contribution in [3.63, 3.8) is 0 Å². The van der Waals surface area contributed by atoms with Crippen LogP contribution in [0.25, 0.3) is 0 Å². The average molecular weight is 159 g/mol. The molecule has 0 heterocycles. The Morgan fingerprint density at radius 1 is 1.55 bits per heavy atom. The van der Waals surface area contributed by atoms with Crippen molar-refractivity contribution in [1.82, 2.24) is 0 Å². The van der Waals surface area contributed by atoms with Gasteiger partial charge >= 0.3 is 0 Å². The highest BCUT2D eigenvalue weighted by atomic mass is 19.1. The van der Waals surface area contributed by atoms with Crippen molar-refractivity contribution in [1.29, 1.82) is 0 Å². The molecule has 1 unspecified atom stereocenters. The lowest BCUT2D eigenvalue weighted by Gasteiger charge is -2.25. The Bertz CT molecular complexity index is 144. The smallest absolute Gasteiger partial charge is 0.108 e. The number of nitrogens with two attached hydrogens (primary N) is 1. The van der Waals surface area contributed by atoms with Crippen LogP contribution in [0.3, 0.4) is 0 Å². The number of hydrogen-bond acceptors (Lipinski definition) is 1. The van der Waals surface area contributed by atoms with Gasteiger partial charge in [0.15, 0.2) is 0 Å². The van der Waals surface area contributed by atoms with Crippen LogP contribution in [0.5, 0.6) is 0 Å². The Balaban J connectivity index is 2.37. The maximum Gasteiger partial charge on any atom is 0.108 e. The lowest BCUT2D eigenvalue weighted by Crippen LogP contribution is -2.32. The zero-order valence-electron chi connectivity index (χ0n) is 7.65. The Labute approximate surface area is 68.2 Å². The Hall–Kier alpha value is -0.110. The molecule has 66 valence electrons. The van der Waals surface area contributed by atoms with E-state index in [1.807, 2.05) is 6.92 Å². The van der Waals surface area contributed by atoms with Crippen molar-refractivity contribution >= 4 is 0 Å². The van der Waals surface area contributed by atoms with Gasteiger partial charge in [0.25, 0.3) is 0 Å². The molecule has 2 heteroatoms. The van der Waals surface area contributed by atoms with Crippen LogP contribution in [0.1, 0.15) is 40.0 Å². The van der Waals surface area contributed by atoms with Gasteiger partial charge in [0, 0.05) is 5.54 Å². The minimum atomic E-state index is -1.07. The van der Waals surface area contributed by atoms with E-state index in [1.165, 1.54) is 0 Å². The Kier molecular flexibility index (Phi) is 1.99. The second-order valence-corrected chi connectivity index (χ2v) is 4.53. The van der Waals surface area contributed by atoms with Crippen LogP contribution in [0, 0.1) is 5.92 Å². The van der Waals surface area contributed by atoms with Gasteiger partial charge in [-0.3, -0.25) is 0 Å². The summed E-state index contributed by atoms with van der Waals surface area (Å²) in [6.45, 7) is 5.19. The van der Waals surface area contributed by atoms with Gasteiger partial charge < -0.3 is 5.73 Å². The predicted octanol–water partition coefficient (Wildman–Crippen LogP) is 2.25. The van der Waals surface area contributed by atoms with Crippen molar-refractivity contribution in [2.75, 3.05) is 0 Å². The van der Waals surface area contributed by atoms with Gasteiger partial charge in [-0.2, -0.15) is 0 Å². The monoisotopic (exact) mass is 159 g/mol. The van der Waals surface area contributed by atoms with E-state index in [0.717, 1.165) is 19.3 Å². The second-order valence-electron chi connectivity index (χ2n) is 4.53. The molecule has 1 aliphatic carbocycles. The third kappa shape index (κ3) is 2.44. The van der Waals surface area contributed by atoms with Gasteiger partial charge in [-0.15, -0.1) is 0 Å². The summed E-state index contributed by atoms with van der Waals surface area (Å²) in [6.07, 6.45) is 2.98. The second kappa shape index (κ2) is 2.44. The van der Waals surface area contributed by atoms with Crippen LogP contribution < -0.4 is 5.73 Å². The topological polar surface area (TPSA) is 26.0 Å². The van der Waals surface area contributed by atoms with Crippen molar-refractivity contribution in [3.8, 4) is 0 Å². The van der Waals surface area contributed by atoms with Crippen LogP contribution in [0.2, 0.25) is 0 Å². The predicted molar refractivity (Wildman–Crippen MR) is 45.1 cm³/mol. The molecular weight excluding hydrogens is 141 g/mol. The standard InChI is InChI=1S/C9H18FN/c1-7(8(2,3)10)6-9(11)4-5-9/h7H,4-6,11H2,1-3H3. The number of rotatable bonds is 3. The van der Waals surface area contributed by atoms with Gasteiger partial charge in [-0.25, -0.2) is 4.39 Å². The zero-order valence-corrected chi connectivity index (χ0v) is 7.65. The van der Waals surface area contributed by atoms with E-state index in [2.05, 4.69) is 0 Å². The molecule has 1 aliphatic rings. The van der Waals surface area contributed by atoms with Crippen LogP contribution in [-0.4, -0.2) is 11.2 Å². The van der Waals surface area contributed by atoms with Crippen molar-refractivity contribution in [3.05, 3.63) is 0 Å². The first-order valence-corrected chi connectivity index (χ1v) is 4.31. The van der Waals surface area contributed by atoms with E-state index in [-0.39, 0.29) is 11.5 Å². The molecule has 1 rings (SSSR count). The lowest BCUT2D eigenvalue weighted by atomic mass is 9.88. The maximum absolute atomic E-state index is 13.3. The molecule has 0 aromatic heterocycles. The zero-order chi connectivity index (χ0) is 8.70. The molecule has 11 heavy (non-hydrogen) atoms. The van der Waals surface area contributed by atoms with Crippen molar-refractivity contribution < 1.29 is 4.39 Å². The largest absolute Gasteiger partial charge is 0.325 e. The van der Waals surface area contributed by atoms with Crippen LogP contribution in [0.15, 0.2) is 0 Å². The Morgan fingerprint density at radius 2 is 2.00 bits per heavy atom. The summed E-state index contributed by atoms with van der Waals surface area (Å²) in [7, 11) is 0.